The van der Waals surface area contributed by atoms with Crippen LogP contribution in [0, 0.1) is 0 Å². The number of nitrogens with two attached hydrogens (primary N) is 1. The maximum atomic E-state index is 12.7. The predicted molar refractivity (Wildman–Crippen MR) is 92.6 cm³/mol. The maximum Gasteiger partial charge on any atom is 0.271 e. The summed E-state index contributed by atoms with van der Waals surface area (Å²) in [6.45, 7) is 1.73. The van der Waals surface area contributed by atoms with E-state index in [0.29, 0.717) is 11.5 Å². The molecule has 0 radical (unpaired) electrons. The molecule has 4 rings (SSSR count). The number of nitrogens with one attached hydrogen (secondary N) is 2. The molecule has 4 heterocycles. The molecule has 26 heavy (non-hydrogen) atoms. The highest BCUT2D eigenvalue weighted by Crippen LogP contribution is 2.23. The number of fused-ring (bicyclic) bond motifs is 1. The van der Waals surface area contributed by atoms with Crippen LogP contribution in [0.3, 0.4) is 0 Å². The lowest BCUT2D eigenvalue weighted by Crippen LogP contribution is -2.43. The summed E-state index contributed by atoms with van der Waals surface area (Å²) in [7, 11) is 0. The summed E-state index contributed by atoms with van der Waals surface area (Å²) in [4.78, 5) is 32.7. The van der Waals surface area contributed by atoms with Gasteiger partial charge in [0.1, 0.15) is 12.0 Å². The third-order valence-electron chi connectivity index (χ3n) is 4.42. The van der Waals surface area contributed by atoms with Crippen molar-refractivity contribution in [2.75, 3.05) is 13.1 Å². The minimum Gasteiger partial charge on any atom is -0.463 e. The van der Waals surface area contributed by atoms with E-state index >= 15 is 0 Å². The largest absolute Gasteiger partial charge is 0.463 e. The first-order valence-corrected chi connectivity index (χ1v) is 8.37. The highest BCUT2D eigenvalue weighted by atomic mass is 16.3. The normalized spacial score (nSPS) is 15.2. The number of primary amides is 1. The molecule has 4 N–H and O–H groups in total. The summed E-state index contributed by atoms with van der Waals surface area (Å²) in [5, 5.41) is 6.25. The lowest BCUT2D eigenvalue weighted by Gasteiger charge is -2.23. The van der Waals surface area contributed by atoms with Crippen LogP contribution in [0.1, 0.15) is 33.8 Å². The van der Waals surface area contributed by atoms with Crippen LogP contribution in [0.15, 0.2) is 35.2 Å². The number of carbonyl (C=O) groups excluding carboxylic acids is 2. The monoisotopic (exact) mass is 354 g/mol. The number of aromatic nitrogens is 3. The molecule has 0 saturated carbocycles. The second-order valence-corrected chi connectivity index (χ2v) is 6.15. The first kappa shape index (κ1) is 16.3. The number of nitrogens with zero attached hydrogens (tertiary/aromatic N) is 3. The molecule has 9 heteroatoms. The third-order valence-corrected chi connectivity index (χ3v) is 4.42. The maximum absolute atomic E-state index is 12.7. The van der Waals surface area contributed by atoms with Crippen LogP contribution in [-0.2, 0) is 0 Å². The van der Waals surface area contributed by atoms with Crippen LogP contribution in [0.2, 0.25) is 0 Å². The molecule has 3 aromatic heterocycles. The van der Waals surface area contributed by atoms with Crippen LogP contribution < -0.4 is 16.4 Å². The molecule has 9 nitrogen and oxygen atoms in total. The van der Waals surface area contributed by atoms with Crippen molar-refractivity contribution in [2.24, 2.45) is 5.73 Å². The average molecular weight is 354 g/mol. The fraction of sp³-hybridized carbons (Fsp3) is 0.294. The molecular weight excluding hydrogens is 336 g/mol. The minimum atomic E-state index is -0.707. The summed E-state index contributed by atoms with van der Waals surface area (Å²) in [6, 6.07) is 5.21. The van der Waals surface area contributed by atoms with E-state index in [0.717, 1.165) is 25.9 Å². The van der Waals surface area contributed by atoms with Crippen molar-refractivity contribution < 1.29 is 14.0 Å². The number of furan rings is 1. The zero-order chi connectivity index (χ0) is 18.1. The Morgan fingerprint density at radius 2 is 2.15 bits per heavy atom. The standard InChI is InChI=1S/C17H18N6O3/c18-15(24)14-16-22-11(17(25)21-10-3-5-19-6-4-10)8-12(23(16)9-20-14)13-2-1-7-26-13/h1-2,7-10,19H,3-6H2,(H2,18,24)(H,21,25). The molecule has 1 saturated heterocycles. The Morgan fingerprint density at radius 3 is 2.85 bits per heavy atom. The summed E-state index contributed by atoms with van der Waals surface area (Å²) in [6.07, 6.45) is 4.69. The van der Waals surface area contributed by atoms with E-state index in [-0.39, 0.29) is 29.0 Å². The third kappa shape index (κ3) is 2.93. The zero-order valence-corrected chi connectivity index (χ0v) is 13.9. The van der Waals surface area contributed by atoms with Crippen molar-refractivity contribution in [3.05, 3.63) is 42.2 Å². The van der Waals surface area contributed by atoms with Gasteiger partial charge in [-0.3, -0.25) is 14.0 Å². The molecule has 0 spiro atoms. The Balaban J connectivity index is 1.77. The van der Waals surface area contributed by atoms with E-state index in [4.69, 9.17) is 10.2 Å². The molecule has 134 valence electrons. The van der Waals surface area contributed by atoms with Gasteiger partial charge in [-0.15, -0.1) is 0 Å². The molecule has 1 aliphatic heterocycles. The molecular formula is C17H18N6O3. The van der Waals surface area contributed by atoms with Gasteiger partial charge in [0.15, 0.2) is 17.1 Å². The number of rotatable bonds is 4. The van der Waals surface area contributed by atoms with Gasteiger partial charge in [-0.05, 0) is 44.1 Å². The fourth-order valence-electron chi connectivity index (χ4n) is 3.10. The molecule has 3 aromatic rings. The fourth-order valence-corrected chi connectivity index (χ4v) is 3.10. The molecule has 0 unspecified atom stereocenters. The van der Waals surface area contributed by atoms with Gasteiger partial charge in [-0.25, -0.2) is 9.97 Å². The number of hydrogen-bond acceptors (Lipinski definition) is 6. The van der Waals surface area contributed by atoms with E-state index in [9.17, 15) is 9.59 Å². The van der Waals surface area contributed by atoms with Gasteiger partial charge >= 0.3 is 0 Å². The number of amides is 2. The SMILES string of the molecule is NC(=O)c1ncn2c(-c3ccco3)cc(C(=O)NC3CCNCC3)nc12. The quantitative estimate of drug-likeness (QED) is 0.628. The van der Waals surface area contributed by atoms with Gasteiger partial charge in [-0.1, -0.05) is 0 Å². The predicted octanol–water partition coefficient (Wildman–Crippen LogP) is 0.570. The highest BCUT2D eigenvalue weighted by molar-refractivity contribution is 5.99. The van der Waals surface area contributed by atoms with Gasteiger partial charge in [0.05, 0.1) is 12.0 Å². The molecule has 0 bridgehead atoms. The van der Waals surface area contributed by atoms with E-state index in [1.165, 1.54) is 12.6 Å². The average Bonchev–Trinajstić information content (AvgIpc) is 3.31. The van der Waals surface area contributed by atoms with Crippen LogP contribution in [0.4, 0.5) is 0 Å². The van der Waals surface area contributed by atoms with Crippen molar-refractivity contribution in [2.45, 2.75) is 18.9 Å². The van der Waals surface area contributed by atoms with Gasteiger partial charge in [0.2, 0.25) is 0 Å². The van der Waals surface area contributed by atoms with Crippen molar-refractivity contribution in [1.82, 2.24) is 25.0 Å². The lowest BCUT2D eigenvalue weighted by atomic mass is 10.1. The van der Waals surface area contributed by atoms with Crippen LogP contribution >= 0.6 is 0 Å². The smallest absolute Gasteiger partial charge is 0.271 e. The summed E-state index contributed by atoms with van der Waals surface area (Å²) < 4.78 is 7.03. The molecule has 1 aliphatic rings. The number of imidazole rings is 1. The van der Waals surface area contributed by atoms with Crippen molar-refractivity contribution in [3.63, 3.8) is 0 Å². The van der Waals surface area contributed by atoms with Crippen molar-refractivity contribution in [3.8, 4) is 11.5 Å². The lowest BCUT2D eigenvalue weighted by molar-refractivity contribution is 0.0923. The topological polar surface area (TPSA) is 128 Å². The summed E-state index contributed by atoms with van der Waals surface area (Å²) in [5.74, 6) is -0.480. The number of carbonyl (C=O) groups is 2. The Hall–Kier alpha value is -3.20. The molecule has 0 aromatic carbocycles. The van der Waals surface area contributed by atoms with Crippen molar-refractivity contribution in [1.29, 1.82) is 0 Å². The second kappa shape index (κ2) is 6.60. The molecule has 0 aliphatic carbocycles. The summed E-state index contributed by atoms with van der Waals surface area (Å²) >= 11 is 0. The Kier molecular flexibility index (Phi) is 4.13. The Labute approximate surface area is 148 Å². The highest BCUT2D eigenvalue weighted by Gasteiger charge is 2.22. The van der Waals surface area contributed by atoms with E-state index in [1.807, 2.05) is 0 Å². The van der Waals surface area contributed by atoms with E-state index < -0.39 is 5.91 Å². The molecule has 0 atom stereocenters. The molecule has 1 fully saturated rings. The van der Waals surface area contributed by atoms with Crippen molar-refractivity contribution >= 4 is 17.5 Å². The van der Waals surface area contributed by atoms with Gasteiger partial charge < -0.3 is 20.8 Å². The number of piperidine rings is 1. The second-order valence-electron chi connectivity index (χ2n) is 6.15. The first-order chi connectivity index (χ1) is 12.6. The Bertz CT molecular complexity index is 956. The van der Waals surface area contributed by atoms with Gasteiger partial charge in [0, 0.05) is 6.04 Å². The molecule has 2 amide bonds. The van der Waals surface area contributed by atoms with Crippen LogP contribution in [-0.4, -0.2) is 45.3 Å². The Morgan fingerprint density at radius 1 is 1.35 bits per heavy atom. The van der Waals surface area contributed by atoms with Crippen LogP contribution in [0.25, 0.3) is 17.1 Å². The first-order valence-electron chi connectivity index (χ1n) is 8.37. The van der Waals surface area contributed by atoms with Gasteiger partial charge in [0.25, 0.3) is 11.8 Å². The van der Waals surface area contributed by atoms with Gasteiger partial charge in [-0.2, -0.15) is 0 Å². The van der Waals surface area contributed by atoms with E-state index in [1.54, 1.807) is 22.6 Å². The number of hydrogen-bond donors (Lipinski definition) is 3. The zero-order valence-electron chi connectivity index (χ0n) is 13.9. The van der Waals surface area contributed by atoms with Crippen LogP contribution in [0.5, 0.6) is 0 Å². The van der Waals surface area contributed by atoms with E-state index in [2.05, 4.69) is 20.6 Å². The summed E-state index contributed by atoms with van der Waals surface area (Å²) in [5.41, 5.74) is 6.37. The minimum absolute atomic E-state index is 0.00863.